The molecule has 138 valence electrons. The van der Waals surface area contributed by atoms with Gasteiger partial charge in [0.2, 0.25) is 0 Å². The van der Waals surface area contributed by atoms with Crippen molar-refractivity contribution in [3.63, 3.8) is 0 Å². The van der Waals surface area contributed by atoms with Crippen LogP contribution in [0.15, 0.2) is 41.2 Å². The Hall–Kier alpha value is -2.62. The summed E-state index contributed by atoms with van der Waals surface area (Å²) < 4.78 is 91.5. The monoisotopic (exact) mass is 379 g/mol. The Balaban J connectivity index is 2.41. The molecule has 0 atom stereocenters. The number of nitrogens with one attached hydrogen (secondary N) is 1. The fourth-order valence-corrected chi connectivity index (χ4v) is 2.72. The summed E-state index contributed by atoms with van der Waals surface area (Å²) >= 11 is 0. The van der Waals surface area contributed by atoms with Gasteiger partial charge in [-0.15, -0.1) is 0 Å². The van der Waals surface area contributed by atoms with Crippen molar-refractivity contribution < 1.29 is 35.8 Å². The van der Waals surface area contributed by atoms with E-state index in [1.165, 1.54) is 0 Å². The van der Waals surface area contributed by atoms with Crippen LogP contribution in [0, 0.1) is 5.82 Å². The van der Waals surface area contributed by atoms with Crippen LogP contribution in [0.1, 0.15) is 5.56 Å². The molecule has 26 heavy (non-hydrogen) atoms. The number of H-pyrrole nitrogens is 1. The van der Waals surface area contributed by atoms with Gasteiger partial charge in [0.25, 0.3) is 11.2 Å². The van der Waals surface area contributed by atoms with Gasteiger partial charge in [-0.05, 0) is 29.7 Å². The van der Waals surface area contributed by atoms with Crippen molar-refractivity contribution in [3.05, 3.63) is 58.1 Å². The number of aromatic nitrogens is 1. The normalized spacial score (nSPS) is 13.5. The zero-order chi connectivity index (χ0) is 19.5. The minimum absolute atomic E-state index is 0.0568. The number of halogens is 7. The number of alkyl halides is 6. The Bertz CT molecular complexity index is 1050. The third kappa shape index (κ3) is 2.52. The second-order valence-electron chi connectivity index (χ2n) is 5.61. The van der Waals surface area contributed by atoms with E-state index in [0.717, 1.165) is 24.3 Å². The molecule has 10 heteroatoms. The van der Waals surface area contributed by atoms with E-state index in [1.54, 1.807) is 0 Å². The van der Waals surface area contributed by atoms with Gasteiger partial charge >= 0.3 is 12.4 Å². The first-order valence-corrected chi connectivity index (χ1v) is 6.98. The van der Waals surface area contributed by atoms with Crippen molar-refractivity contribution in [1.29, 1.82) is 0 Å². The summed E-state index contributed by atoms with van der Waals surface area (Å²) in [5.41, 5.74) is -7.40. The smallest absolute Gasteiger partial charge is 0.369 e. The van der Waals surface area contributed by atoms with E-state index in [1.807, 2.05) is 0 Å². The van der Waals surface area contributed by atoms with Crippen LogP contribution in [0.3, 0.4) is 0 Å². The van der Waals surface area contributed by atoms with Gasteiger partial charge in [-0.1, -0.05) is 12.1 Å². The van der Waals surface area contributed by atoms with Gasteiger partial charge in [0.05, 0.1) is 5.39 Å². The average Bonchev–Trinajstić information content (AvgIpc) is 2.52. The molecule has 1 heterocycles. The number of hydrogen-bond acceptors (Lipinski definition) is 2. The SMILES string of the molecule is O=c1[nH]c2ccc(C(O)(C(F)(F)F)C(F)(F)F)cc2c2ccc(F)cc12. The summed E-state index contributed by atoms with van der Waals surface area (Å²) in [6.07, 6.45) is -12.1. The molecule has 0 saturated heterocycles. The molecule has 3 rings (SSSR count). The van der Waals surface area contributed by atoms with Crippen molar-refractivity contribution in [1.82, 2.24) is 4.98 Å². The van der Waals surface area contributed by atoms with Crippen LogP contribution in [-0.4, -0.2) is 22.4 Å². The molecule has 3 aromatic rings. The standard InChI is InChI=1S/C16H8F7NO2/c17-8-2-3-9-10-5-7(14(26,15(18,19)20)16(21,22)23)1-4-12(10)24-13(25)11(9)6-8/h1-6,26H,(H,24,25). The highest BCUT2D eigenvalue weighted by atomic mass is 19.4. The maximum absolute atomic E-state index is 13.3. The Labute approximate surface area is 139 Å². The zero-order valence-corrected chi connectivity index (χ0v) is 12.5. The summed E-state index contributed by atoms with van der Waals surface area (Å²) in [5, 5.41) is 8.99. The van der Waals surface area contributed by atoms with Gasteiger partial charge in [0.1, 0.15) is 5.82 Å². The summed E-state index contributed by atoms with van der Waals surface area (Å²) in [6, 6.07) is 4.50. The van der Waals surface area contributed by atoms with Crippen LogP contribution in [-0.2, 0) is 5.60 Å². The lowest BCUT2D eigenvalue weighted by Crippen LogP contribution is -2.53. The Kier molecular flexibility index (Phi) is 3.80. The van der Waals surface area contributed by atoms with Gasteiger partial charge in [-0.25, -0.2) is 4.39 Å². The van der Waals surface area contributed by atoms with E-state index in [9.17, 15) is 40.6 Å². The molecular weight excluding hydrogens is 371 g/mol. The van der Waals surface area contributed by atoms with E-state index in [-0.39, 0.29) is 21.7 Å². The molecule has 0 saturated carbocycles. The molecule has 0 amide bonds. The minimum atomic E-state index is -6.04. The minimum Gasteiger partial charge on any atom is -0.369 e. The summed E-state index contributed by atoms with van der Waals surface area (Å²) in [7, 11) is 0. The van der Waals surface area contributed by atoms with Crippen LogP contribution in [0.25, 0.3) is 21.7 Å². The lowest BCUT2D eigenvalue weighted by atomic mass is 9.90. The molecule has 0 fully saturated rings. The first-order chi connectivity index (χ1) is 11.9. The van der Waals surface area contributed by atoms with Gasteiger partial charge in [0.15, 0.2) is 0 Å². The molecule has 2 aromatic carbocycles. The van der Waals surface area contributed by atoms with E-state index in [2.05, 4.69) is 4.98 Å². The fourth-order valence-electron chi connectivity index (χ4n) is 2.72. The van der Waals surface area contributed by atoms with Crippen LogP contribution in [0.5, 0.6) is 0 Å². The van der Waals surface area contributed by atoms with E-state index in [0.29, 0.717) is 12.1 Å². The molecule has 0 aliphatic rings. The molecule has 1 aromatic heterocycles. The van der Waals surface area contributed by atoms with Gasteiger partial charge < -0.3 is 10.1 Å². The number of hydrogen-bond donors (Lipinski definition) is 2. The molecule has 0 aliphatic carbocycles. The highest BCUT2D eigenvalue weighted by Crippen LogP contribution is 2.50. The molecule has 0 radical (unpaired) electrons. The second-order valence-corrected chi connectivity index (χ2v) is 5.61. The van der Waals surface area contributed by atoms with Crippen molar-refractivity contribution >= 4 is 21.7 Å². The first-order valence-electron chi connectivity index (χ1n) is 6.98. The number of rotatable bonds is 1. The second kappa shape index (κ2) is 5.44. The number of aliphatic hydroxyl groups is 1. The predicted octanol–water partition coefficient (Wildman–Crippen LogP) is 4.13. The highest BCUT2D eigenvalue weighted by molar-refractivity contribution is 6.05. The zero-order valence-electron chi connectivity index (χ0n) is 12.5. The summed E-state index contributed by atoms with van der Waals surface area (Å²) in [6.45, 7) is 0. The Morgan fingerprint density at radius 3 is 2.00 bits per heavy atom. The fraction of sp³-hybridized carbons (Fsp3) is 0.188. The topological polar surface area (TPSA) is 53.1 Å². The third-order valence-electron chi connectivity index (χ3n) is 4.02. The van der Waals surface area contributed by atoms with Crippen LogP contribution < -0.4 is 5.56 Å². The lowest BCUT2D eigenvalue weighted by Gasteiger charge is -2.32. The van der Waals surface area contributed by atoms with Gasteiger partial charge in [-0.3, -0.25) is 4.79 Å². The summed E-state index contributed by atoms with van der Waals surface area (Å²) in [5.74, 6) is -0.805. The average molecular weight is 379 g/mol. The maximum Gasteiger partial charge on any atom is 0.430 e. The lowest BCUT2D eigenvalue weighted by molar-refractivity contribution is -0.376. The number of pyridine rings is 1. The predicted molar refractivity (Wildman–Crippen MR) is 78.0 cm³/mol. The quantitative estimate of drug-likeness (QED) is 0.494. The van der Waals surface area contributed by atoms with E-state index >= 15 is 0 Å². The van der Waals surface area contributed by atoms with E-state index < -0.39 is 34.9 Å². The number of aromatic amines is 1. The molecule has 0 bridgehead atoms. The Morgan fingerprint density at radius 1 is 0.808 bits per heavy atom. The number of benzene rings is 2. The first kappa shape index (κ1) is 18.2. The summed E-state index contributed by atoms with van der Waals surface area (Å²) in [4.78, 5) is 14.2. The molecule has 2 N–H and O–H groups in total. The van der Waals surface area contributed by atoms with Crippen LogP contribution >= 0.6 is 0 Å². The number of fused-ring (bicyclic) bond motifs is 3. The molecule has 0 unspecified atom stereocenters. The van der Waals surface area contributed by atoms with Gasteiger partial charge in [-0.2, -0.15) is 26.3 Å². The highest BCUT2D eigenvalue weighted by Gasteiger charge is 2.71. The van der Waals surface area contributed by atoms with Crippen molar-refractivity contribution in [3.8, 4) is 0 Å². The van der Waals surface area contributed by atoms with Gasteiger partial charge in [0, 0.05) is 16.5 Å². The van der Waals surface area contributed by atoms with Crippen molar-refractivity contribution in [2.75, 3.05) is 0 Å². The van der Waals surface area contributed by atoms with Crippen molar-refractivity contribution in [2.24, 2.45) is 0 Å². The molecule has 0 spiro atoms. The molecule has 0 aliphatic heterocycles. The Morgan fingerprint density at radius 2 is 1.42 bits per heavy atom. The van der Waals surface area contributed by atoms with Crippen LogP contribution in [0.2, 0.25) is 0 Å². The van der Waals surface area contributed by atoms with Crippen molar-refractivity contribution in [2.45, 2.75) is 18.0 Å². The third-order valence-corrected chi connectivity index (χ3v) is 4.02. The maximum atomic E-state index is 13.3. The van der Waals surface area contributed by atoms with Crippen LogP contribution in [0.4, 0.5) is 30.7 Å². The molecular formula is C16H8F7NO2. The molecule has 3 nitrogen and oxygen atoms in total. The van der Waals surface area contributed by atoms with E-state index in [4.69, 9.17) is 0 Å². The largest absolute Gasteiger partial charge is 0.430 e.